The van der Waals surface area contributed by atoms with Gasteiger partial charge in [0.05, 0.1) is 7.11 Å². The van der Waals surface area contributed by atoms with E-state index in [4.69, 9.17) is 10.5 Å². The molecule has 0 aromatic heterocycles. The number of carbonyl (C=O) groups is 1. The van der Waals surface area contributed by atoms with Gasteiger partial charge in [-0.3, -0.25) is 4.79 Å². The average molecular weight is 219 g/mol. The van der Waals surface area contributed by atoms with Gasteiger partial charge in [0.15, 0.2) is 0 Å². The monoisotopic (exact) mass is 219 g/mol. The minimum absolute atomic E-state index is 0.205. The summed E-state index contributed by atoms with van der Waals surface area (Å²) in [5.74, 6) is 1.14. The van der Waals surface area contributed by atoms with Gasteiger partial charge in [-0.15, -0.1) is 0 Å². The van der Waals surface area contributed by atoms with Gasteiger partial charge in [-0.1, -0.05) is 18.2 Å². The van der Waals surface area contributed by atoms with E-state index in [0.717, 1.165) is 17.7 Å². The molecule has 1 aromatic rings. The van der Waals surface area contributed by atoms with Gasteiger partial charge in [-0.2, -0.15) is 0 Å². The minimum Gasteiger partial charge on any atom is -0.496 e. The molecule has 1 unspecified atom stereocenters. The van der Waals surface area contributed by atoms with Crippen LogP contribution in [-0.4, -0.2) is 19.4 Å². The number of carbonyl (C=O) groups excluding carboxylic acids is 1. The van der Waals surface area contributed by atoms with Crippen LogP contribution in [0.5, 0.6) is 5.75 Å². The Morgan fingerprint density at radius 1 is 1.44 bits per heavy atom. The first-order valence-electron chi connectivity index (χ1n) is 5.57. The third-order valence-corrected chi connectivity index (χ3v) is 3.49. The zero-order valence-corrected chi connectivity index (χ0v) is 9.53. The van der Waals surface area contributed by atoms with Crippen LogP contribution >= 0.6 is 0 Å². The van der Waals surface area contributed by atoms with Crippen LogP contribution in [0.25, 0.3) is 0 Å². The smallest absolute Gasteiger partial charge is 0.133 e. The fourth-order valence-corrected chi connectivity index (χ4v) is 2.53. The minimum atomic E-state index is -0.205. The molecule has 3 nitrogen and oxygen atoms in total. The molecule has 1 fully saturated rings. The molecular weight excluding hydrogens is 202 g/mol. The van der Waals surface area contributed by atoms with E-state index in [0.29, 0.717) is 25.2 Å². The van der Waals surface area contributed by atoms with E-state index in [1.165, 1.54) is 0 Å². The van der Waals surface area contributed by atoms with Crippen LogP contribution < -0.4 is 10.5 Å². The maximum atomic E-state index is 11.5. The van der Waals surface area contributed by atoms with Crippen LogP contribution in [0, 0.1) is 0 Å². The first-order valence-corrected chi connectivity index (χ1v) is 5.57. The molecule has 0 amide bonds. The summed E-state index contributed by atoms with van der Waals surface area (Å²) < 4.78 is 5.35. The SMILES string of the molecule is COc1ccccc1C1(CN)CCC(=O)C1. The number of hydrogen-bond donors (Lipinski definition) is 1. The lowest BCUT2D eigenvalue weighted by atomic mass is 9.78. The summed E-state index contributed by atoms with van der Waals surface area (Å²) in [6.45, 7) is 0.499. The van der Waals surface area contributed by atoms with E-state index in [1.807, 2.05) is 24.3 Å². The number of Topliss-reactive ketones (excluding diaryl/α,β-unsaturated/α-hetero) is 1. The Morgan fingerprint density at radius 2 is 2.19 bits per heavy atom. The maximum Gasteiger partial charge on any atom is 0.133 e. The molecule has 86 valence electrons. The van der Waals surface area contributed by atoms with Crippen LogP contribution in [0.1, 0.15) is 24.8 Å². The predicted molar refractivity (Wildman–Crippen MR) is 62.6 cm³/mol. The lowest BCUT2D eigenvalue weighted by molar-refractivity contribution is -0.117. The third kappa shape index (κ3) is 1.71. The average Bonchev–Trinajstić information content (AvgIpc) is 2.72. The highest BCUT2D eigenvalue weighted by molar-refractivity contribution is 5.83. The Morgan fingerprint density at radius 3 is 2.75 bits per heavy atom. The molecule has 2 rings (SSSR count). The number of rotatable bonds is 3. The molecule has 0 radical (unpaired) electrons. The van der Waals surface area contributed by atoms with Crippen LogP contribution in [0.3, 0.4) is 0 Å². The molecule has 0 bridgehead atoms. The van der Waals surface area contributed by atoms with Crippen molar-refractivity contribution in [3.63, 3.8) is 0 Å². The highest BCUT2D eigenvalue weighted by Gasteiger charge is 2.40. The second kappa shape index (κ2) is 4.26. The molecular formula is C13H17NO2. The van der Waals surface area contributed by atoms with Crippen molar-refractivity contribution in [2.75, 3.05) is 13.7 Å². The number of ether oxygens (including phenoxy) is 1. The fourth-order valence-electron chi connectivity index (χ4n) is 2.53. The van der Waals surface area contributed by atoms with Crippen molar-refractivity contribution in [1.29, 1.82) is 0 Å². The molecule has 1 atom stereocenters. The van der Waals surface area contributed by atoms with Gasteiger partial charge in [0.25, 0.3) is 0 Å². The largest absolute Gasteiger partial charge is 0.496 e. The Kier molecular flexibility index (Phi) is 2.97. The van der Waals surface area contributed by atoms with E-state index in [-0.39, 0.29) is 5.41 Å². The number of para-hydroxylation sites is 1. The van der Waals surface area contributed by atoms with Crippen molar-refractivity contribution in [1.82, 2.24) is 0 Å². The Labute approximate surface area is 95.6 Å². The molecule has 1 aromatic carbocycles. The van der Waals surface area contributed by atoms with Gasteiger partial charge >= 0.3 is 0 Å². The highest BCUT2D eigenvalue weighted by Crippen LogP contribution is 2.42. The van der Waals surface area contributed by atoms with E-state index >= 15 is 0 Å². The van der Waals surface area contributed by atoms with Gasteiger partial charge in [0.2, 0.25) is 0 Å². The topological polar surface area (TPSA) is 52.3 Å². The molecule has 16 heavy (non-hydrogen) atoms. The summed E-state index contributed by atoms with van der Waals surface area (Å²) in [6, 6.07) is 7.85. The quantitative estimate of drug-likeness (QED) is 0.841. The maximum absolute atomic E-state index is 11.5. The molecule has 1 saturated carbocycles. The first kappa shape index (κ1) is 11.1. The molecule has 0 saturated heterocycles. The normalized spacial score (nSPS) is 24.8. The second-order valence-electron chi connectivity index (χ2n) is 4.40. The van der Waals surface area contributed by atoms with Crippen molar-refractivity contribution in [2.24, 2.45) is 5.73 Å². The van der Waals surface area contributed by atoms with Crippen molar-refractivity contribution >= 4 is 5.78 Å². The number of methoxy groups -OCH3 is 1. The van der Waals surface area contributed by atoms with Crippen molar-refractivity contribution < 1.29 is 9.53 Å². The second-order valence-corrected chi connectivity index (χ2v) is 4.40. The van der Waals surface area contributed by atoms with E-state index in [2.05, 4.69) is 0 Å². The predicted octanol–water partition coefficient (Wildman–Crippen LogP) is 1.64. The Bertz CT molecular complexity index is 403. The van der Waals surface area contributed by atoms with Gasteiger partial charge < -0.3 is 10.5 Å². The van der Waals surface area contributed by atoms with Gasteiger partial charge in [-0.05, 0) is 12.5 Å². The number of benzene rings is 1. The zero-order chi connectivity index (χ0) is 11.6. The molecule has 0 heterocycles. The molecule has 2 N–H and O–H groups in total. The summed E-state index contributed by atoms with van der Waals surface area (Å²) in [5.41, 5.74) is 6.75. The molecule has 3 heteroatoms. The van der Waals surface area contributed by atoms with Crippen LogP contribution in [-0.2, 0) is 10.2 Å². The van der Waals surface area contributed by atoms with Gasteiger partial charge in [0.1, 0.15) is 11.5 Å². The van der Waals surface area contributed by atoms with Crippen molar-refractivity contribution in [3.05, 3.63) is 29.8 Å². The Balaban J connectivity index is 2.44. The lowest BCUT2D eigenvalue weighted by Gasteiger charge is -2.28. The zero-order valence-electron chi connectivity index (χ0n) is 9.53. The molecule has 1 aliphatic rings. The lowest BCUT2D eigenvalue weighted by Crippen LogP contribution is -2.33. The molecule has 0 aliphatic heterocycles. The number of hydrogen-bond acceptors (Lipinski definition) is 3. The van der Waals surface area contributed by atoms with Crippen LogP contribution in [0.2, 0.25) is 0 Å². The number of ketones is 1. The van der Waals surface area contributed by atoms with Crippen molar-refractivity contribution in [2.45, 2.75) is 24.7 Å². The van der Waals surface area contributed by atoms with E-state index < -0.39 is 0 Å². The van der Waals surface area contributed by atoms with Gasteiger partial charge in [-0.25, -0.2) is 0 Å². The number of nitrogens with two attached hydrogens (primary N) is 1. The summed E-state index contributed by atoms with van der Waals surface area (Å²) in [4.78, 5) is 11.5. The van der Waals surface area contributed by atoms with Crippen LogP contribution in [0.15, 0.2) is 24.3 Å². The van der Waals surface area contributed by atoms with E-state index in [1.54, 1.807) is 7.11 Å². The molecule has 1 aliphatic carbocycles. The third-order valence-electron chi connectivity index (χ3n) is 3.49. The van der Waals surface area contributed by atoms with Gasteiger partial charge in [0, 0.05) is 30.4 Å². The summed E-state index contributed by atoms with van der Waals surface area (Å²) in [5, 5.41) is 0. The highest BCUT2D eigenvalue weighted by atomic mass is 16.5. The standard InChI is InChI=1S/C13H17NO2/c1-16-12-5-3-2-4-11(12)13(9-14)7-6-10(15)8-13/h2-5H,6-9,14H2,1H3. The van der Waals surface area contributed by atoms with E-state index in [9.17, 15) is 4.79 Å². The summed E-state index contributed by atoms with van der Waals surface area (Å²) in [6.07, 6.45) is 2.02. The van der Waals surface area contributed by atoms with Crippen LogP contribution in [0.4, 0.5) is 0 Å². The molecule has 0 spiro atoms. The van der Waals surface area contributed by atoms with Crippen molar-refractivity contribution in [3.8, 4) is 5.75 Å². The summed E-state index contributed by atoms with van der Waals surface area (Å²) >= 11 is 0. The first-order chi connectivity index (χ1) is 7.72. The summed E-state index contributed by atoms with van der Waals surface area (Å²) in [7, 11) is 1.65. The Hall–Kier alpha value is -1.35. The fraction of sp³-hybridized carbons (Fsp3) is 0.462.